The van der Waals surface area contributed by atoms with Crippen LogP contribution >= 0.6 is 0 Å². The van der Waals surface area contributed by atoms with Crippen LogP contribution in [0.25, 0.3) is 10.9 Å². The molecule has 8 heteroatoms. The third-order valence-corrected chi connectivity index (χ3v) is 3.33. The van der Waals surface area contributed by atoms with Crippen LogP contribution in [0.5, 0.6) is 5.75 Å². The normalized spacial score (nSPS) is 22.1. The van der Waals surface area contributed by atoms with Crippen molar-refractivity contribution in [3.05, 3.63) is 28.6 Å². The van der Waals surface area contributed by atoms with Crippen molar-refractivity contribution in [1.29, 1.82) is 0 Å². The van der Waals surface area contributed by atoms with Crippen molar-refractivity contribution < 1.29 is 14.7 Å². The number of hydrogen-bond acceptors (Lipinski definition) is 4. The van der Waals surface area contributed by atoms with Crippen LogP contribution in [-0.4, -0.2) is 32.4 Å². The Morgan fingerprint density at radius 1 is 1.30 bits per heavy atom. The molecule has 1 saturated heterocycles. The third-order valence-electron chi connectivity index (χ3n) is 3.33. The molecule has 1 unspecified atom stereocenters. The second-order valence-corrected chi connectivity index (χ2v) is 4.97. The summed E-state index contributed by atoms with van der Waals surface area (Å²) in [6, 6.07) is 3.78. The maximum Gasteiger partial charge on any atom is 0.322 e. The molecule has 104 valence electrons. The summed E-state index contributed by atoms with van der Waals surface area (Å²) < 4.78 is 1.23. The van der Waals surface area contributed by atoms with Crippen LogP contribution < -0.4 is 16.2 Å². The number of urea groups is 1. The summed E-state index contributed by atoms with van der Waals surface area (Å²) in [5, 5.41) is 17.2. The van der Waals surface area contributed by atoms with E-state index in [9.17, 15) is 19.5 Å². The highest BCUT2D eigenvalue weighted by atomic mass is 16.3. The Morgan fingerprint density at radius 3 is 2.70 bits per heavy atom. The number of phenols is 1. The molecule has 8 nitrogen and oxygen atoms in total. The predicted molar refractivity (Wildman–Crippen MR) is 69.3 cm³/mol. The molecule has 0 radical (unpaired) electrons. The number of rotatable bonds is 2. The number of H-pyrrole nitrogens is 1. The lowest BCUT2D eigenvalue weighted by atomic mass is 10.0. The topological polar surface area (TPSA) is 116 Å². The quantitative estimate of drug-likeness (QED) is 0.560. The summed E-state index contributed by atoms with van der Waals surface area (Å²) in [6.45, 7) is 1.50. The van der Waals surface area contributed by atoms with E-state index in [1.165, 1.54) is 23.7 Å². The number of carbonyl (C=O) groups is 2. The van der Waals surface area contributed by atoms with Gasteiger partial charge in [-0.3, -0.25) is 20.0 Å². The van der Waals surface area contributed by atoms with Crippen LogP contribution in [0.2, 0.25) is 0 Å². The number of aromatic nitrogens is 2. The fraction of sp³-hybridized carbons (Fsp3) is 0.250. The molecule has 0 bridgehead atoms. The van der Waals surface area contributed by atoms with E-state index in [-0.39, 0.29) is 17.9 Å². The molecule has 1 aromatic heterocycles. The van der Waals surface area contributed by atoms with Crippen LogP contribution in [0.4, 0.5) is 4.79 Å². The molecule has 0 spiro atoms. The van der Waals surface area contributed by atoms with Gasteiger partial charge in [0.2, 0.25) is 0 Å². The lowest BCUT2D eigenvalue weighted by Gasteiger charge is -2.20. The van der Waals surface area contributed by atoms with Gasteiger partial charge in [-0.05, 0) is 25.1 Å². The molecule has 1 fully saturated rings. The summed E-state index contributed by atoms with van der Waals surface area (Å²) in [6.07, 6.45) is 0. The smallest absolute Gasteiger partial charge is 0.322 e. The summed E-state index contributed by atoms with van der Waals surface area (Å²) >= 11 is 0. The van der Waals surface area contributed by atoms with Crippen molar-refractivity contribution in [1.82, 2.24) is 20.4 Å². The maximum absolute atomic E-state index is 12.2. The highest BCUT2D eigenvalue weighted by Gasteiger charge is 2.42. The first-order valence-corrected chi connectivity index (χ1v) is 5.94. The van der Waals surface area contributed by atoms with Crippen molar-refractivity contribution in [2.24, 2.45) is 0 Å². The standard InChI is InChI=1S/C12H12N4O4/c1-12(10(19)13-11(20)14-12)5-16-9(18)7-4-6(17)2-3-8(7)15-16/h2-4,15,17H,5H2,1H3,(H2,13,14,19,20). The first-order chi connectivity index (χ1) is 9.39. The molecule has 3 amide bonds. The van der Waals surface area contributed by atoms with Crippen LogP contribution in [0, 0.1) is 0 Å². The SMILES string of the molecule is CC1(Cn2[nH]c3ccc(O)cc3c2=O)NC(=O)NC1=O. The number of aromatic hydroxyl groups is 1. The molecule has 1 aliphatic heterocycles. The van der Waals surface area contributed by atoms with Crippen molar-refractivity contribution in [2.75, 3.05) is 0 Å². The largest absolute Gasteiger partial charge is 0.508 e. The first-order valence-electron chi connectivity index (χ1n) is 5.94. The van der Waals surface area contributed by atoms with Gasteiger partial charge in [0.25, 0.3) is 11.5 Å². The molecule has 4 N–H and O–H groups in total. The zero-order chi connectivity index (χ0) is 14.5. The number of benzene rings is 1. The van der Waals surface area contributed by atoms with Gasteiger partial charge in [0.05, 0.1) is 17.4 Å². The van der Waals surface area contributed by atoms with Crippen LogP contribution in [-0.2, 0) is 11.3 Å². The molecule has 2 heterocycles. The van der Waals surface area contributed by atoms with E-state index < -0.39 is 17.5 Å². The number of carbonyl (C=O) groups excluding carboxylic acids is 2. The summed E-state index contributed by atoms with van der Waals surface area (Å²) in [5.74, 6) is -0.505. The average molecular weight is 276 g/mol. The predicted octanol–water partition coefficient (Wildman–Crippen LogP) is -0.367. The molecule has 20 heavy (non-hydrogen) atoms. The monoisotopic (exact) mass is 276 g/mol. The van der Waals surface area contributed by atoms with E-state index in [2.05, 4.69) is 15.7 Å². The first kappa shape index (κ1) is 12.3. The fourth-order valence-electron chi connectivity index (χ4n) is 2.27. The van der Waals surface area contributed by atoms with Gasteiger partial charge in [-0.15, -0.1) is 0 Å². The van der Waals surface area contributed by atoms with Gasteiger partial charge in [0.1, 0.15) is 11.3 Å². The van der Waals surface area contributed by atoms with Gasteiger partial charge < -0.3 is 10.4 Å². The number of aromatic amines is 1. The van der Waals surface area contributed by atoms with Gasteiger partial charge in [0, 0.05) is 0 Å². The minimum absolute atomic E-state index is 0.0149. The number of amides is 3. The molecular formula is C12H12N4O4. The van der Waals surface area contributed by atoms with E-state index in [1.807, 2.05) is 0 Å². The van der Waals surface area contributed by atoms with Crippen molar-refractivity contribution in [3.8, 4) is 5.75 Å². The lowest BCUT2D eigenvalue weighted by molar-refractivity contribution is -0.123. The second-order valence-electron chi connectivity index (χ2n) is 4.97. The Balaban J connectivity index is 2.04. The highest BCUT2D eigenvalue weighted by Crippen LogP contribution is 2.17. The van der Waals surface area contributed by atoms with Gasteiger partial charge >= 0.3 is 6.03 Å². The highest BCUT2D eigenvalue weighted by molar-refractivity contribution is 6.06. The Hall–Kier alpha value is -2.77. The number of nitrogens with one attached hydrogen (secondary N) is 3. The fourth-order valence-corrected chi connectivity index (χ4v) is 2.27. The van der Waals surface area contributed by atoms with Crippen molar-refractivity contribution in [3.63, 3.8) is 0 Å². The number of nitrogens with zero attached hydrogens (tertiary/aromatic N) is 1. The minimum Gasteiger partial charge on any atom is -0.508 e. The van der Waals surface area contributed by atoms with Crippen LogP contribution in [0.3, 0.4) is 0 Å². The summed E-state index contributed by atoms with van der Waals surface area (Å²) in [4.78, 5) is 35.1. The Kier molecular flexibility index (Phi) is 2.37. The van der Waals surface area contributed by atoms with Gasteiger partial charge in [-0.25, -0.2) is 9.48 Å². The van der Waals surface area contributed by atoms with Crippen LogP contribution in [0.1, 0.15) is 6.92 Å². The van der Waals surface area contributed by atoms with Gasteiger partial charge in [-0.1, -0.05) is 0 Å². The van der Waals surface area contributed by atoms with E-state index >= 15 is 0 Å². The molecule has 0 saturated carbocycles. The summed E-state index contributed by atoms with van der Waals surface area (Å²) in [5.41, 5.74) is -1.02. The van der Waals surface area contributed by atoms with Crippen molar-refractivity contribution >= 4 is 22.8 Å². The maximum atomic E-state index is 12.2. The molecule has 1 aromatic carbocycles. The molecule has 2 aromatic rings. The molecule has 3 rings (SSSR count). The summed E-state index contributed by atoms with van der Waals surface area (Å²) in [7, 11) is 0. The lowest BCUT2D eigenvalue weighted by Crippen LogP contribution is -2.49. The Bertz CT molecular complexity index is 790. The molecule has 1 atom stereocenters. The molecule has 0 aliphatic carbocycles. The van der Waals surface area contributed by atoms with Gasteiger partial charge in [0.15, 0.2) is 0 Å². The zero-order valence-electron chi connectivity index (χ0n) is 10.6. The van der Waals surface area contributed by atoms with E-state index in [0.29, 0.717) is 10.9 Å². The van der Waals surface area contributed by atoms with E-state index in [4.69, 9.17) is 0 Å². The number of phenolic OH excluding ortho intramolecular Hbond substituents is 1. The second kappa shape index (κ2) is 3.86. The minimum atomic E-state index is -1.19. The molecular weight excluding hydrogens is 264 g/mol. The Morgan fingerprint density at radius 2 is 2.05 bits per heavy atom. The third kappa shape index (κ3) is 1.73. The zero-order valence-corrected chi connectivity index (χ0v) is 10.6. The average Bonchev–Trinajstić information content (AvgIpc) is 2.79. The number of imide groups is 1. The van der Waals surface area contributed by atoms with Crippen LogP contribution in [0.15, 0.2) is 23.0 Å². The Labute approximate surface area is 112 Å². The number of fused-ring (bicyclic) bond motifs is 1. The van der Waals surface area contributed by atoms with E-state index in [0.717, 1.165) is 0 Å². The molecule has 1 aliphatic rings. The van der Waals surface area contributed by atoms with Crippen molar-refractivity contribution in [2.45, 2.75) is 19.0 Å². The van der Waals surface area contributed by atoms with E-state index in [1.54, 1.807) is 6.07 Å². The van der Waals surface area contributed by atoms with Gasteiger partial charge in [-0.2, -0.15) is 0 Å². The number of hydrogen-bond donors (Lipinski definition) is 4.